The first kappa shape index (κ1) is 25.6. The molecular weight excluding hydrogens is 446 g/mol. The summed E-state index contributed by atoms with van der Waals surface area (Å²) >= 11 is 6.11. The molecule has 1 aromatic rings. The first-order valence-electron chi connectivity index (χ1n) is 11.3. The van der Waals surface area contributed by atoms with Gasteiger partial charge >= 0.3 is 0 Å². The lowest BCUT2D eigenvalue weighted by atomic mass is 9.90. The summed E-state index contributed by atoms with van der Waals surface area (Å²) in [5, 5.41) is 6.56. The summed E-state index contributed by atoms with van der Waals surface area (Å²) in [6.07, 6.45) is 2.31. The third kappa shape index (κ3) is 6.50. The minimum atomic E-state index is -0.304. The number of piperidine rings is 2. The number of likely N-dealkylation sites (tertiary alicyclic amines) is 2. The normalized spacial score (nSPS) is 23.7. The quantitative estimate of drug-likeness (QED) is 0.504. The largest absolute Gasteiger partial charge is 0.496 e. The van der Waals surface area contributed by atoms with Crippen LogP contribution in [0.4, 0.5) is 5.69 Å². The Labute approximate surface area is 200 Å². The van der Waals surface area contributed by atoms with E-state index in [-0.39, 0.29) is 29.5 Å². The molecule has 184 valence electrons. The molecule has 0 spiro atoms. The number of halogens is 1. The molecule has 10 heteroatoms. The van der Waals surface area contributed by atoms with Crippen LogP contribution in [0.3, 0.4) is 0 Å². The van der Waals surface area contributed by atoms with Crippen LogP contribution >= 0.6 is 11.6 Å². The van der Waals surface area contributed by atoms with Crippen molar-refractivity contribution >= 4 is 29.1 Å². The molecule has 0 saturated carbocycles. The van der Waals surface area contributed by atoms with Crippen LogP contribution in [0, 0.1) is 0 Å². The fourth-order valence-electron chi connectivity index (χ4n) is 4.51. The van der Waals surface area contributed by atoms with Gasteiger partial charge in [-0.3, -0.25) is 14.5 Å². The second-order valence-corrected chi connectivity index (χ2v) is 9.77. The van der Waals surface area contributed by atoms with Gasteiger partial charge in [0.1, 0.15) is 5.75 Å². The average molecular weight is 482 g/mol. The number of nitrogens with zero attached hydrogens (tertiary/aromatic N) is 2. The van der Waals surface area contributed by atoms with Crippen molar-refractivity contribution in [3.05, 3.63) is 22.7 Å². The molecule has 0 bridgehead atoms. The number of anilines is 1. The number of amides is 2. The fourth-order valence-corrected chi connectivity index (χ4v) is 4.67. The van der Waals surface area contributed by atoms with Gasteiger partial charge in [-0.05, 0) is 39.3 Å². The number of carbonyl (C=O) groups excluding carboxylic acids is 2. The van der Waals surface area contributed by atoms with Gasteiger partial charge in [-0.2, -0.15) is 0 Å². The second-order valence-electron chi connectivity index (χ2n) is 9.36. The van der Waals surface area contributed by atoms with Crippen LogP contribution in [-0.4, -0.2) is 93.3 Å². The van der Waals surface area contributed by atoms with Crippen molar-refractivity contribution in [2.75, 3.05) is 59.7 Å². The predicted molar refractivity (Wildman–Crippen MR) is 129 cm³/mol. The van der Waals surface area contributed by atoms with Gasteiger partial charge in [-0.15, -0.1) is 0 Å². The zero-order chi connectivity index (χ0) is 24.2. The third-order valence-electron chi connectivity index (χ3n) is 6.72. The van der Waals surface area contributed by atoms with E-state index in [2.05, 4.69) is 34.4 Å². The lowest BCUT2D eigenvalue weighted by molar-refractivity contribution is -0.125. The fraction of sp³-hybridized carbons (Fsp3) is 0.652. The number of hydrogen-bond donors (Lipinski definition) is 3. The van der Waals surface area contributed by atoms with Crippen molar-refractivity contribution in [2.45, 2.75) is 43.9 Å². The van der Waals surface area contributed by atoms with Gasteiger partial charge in [0, 0.05) is 44.9 Å². The Balaban J connectivity index is 1.56. The number of ether oxygens (including phenoxy) is 2. The van der Waals surface area contributed by atoms with Gasteiger partial charge in [0.15, 0.2) is 0 Å². The van der Waals surface area contributed by atoms with Gasteiger partial charge in [-0.1, -0.05) is 11.6 Å². The van der Waals surface area contributed by atoms with Crippen molar-refractivity contribution in [1.29, 1.82) is 0 Å². The highest BCUT2D eigenvalue weighted by atomic mass is 35.5. The van der Waals surface area contributed by atoms with Gasteiger partial charge in [-0.25, -0.2) is 0 Å². The zero-order valence-electron chi connectivity index (χ0n) is 19.9. The first-order valence-corrected chi connectivity index (χ1v) is 11.7. The summed E-state index contributed by atoms with van der Waals surface area (Å²) in [5.41, 5.74) is 6.33. The van der Waals surface area contributed by atoms with Crippen LogP contribution in [0.15, 0.2) is 12.1 Å². The number of hydrogen-bond acceptors (Lipinski definition) is 7. The van der Waals surface area contributed by atoms with E-state index in [1.54, 1.807) is 7.11 Å². The summed E-state index contributed by atoms with van der Waals surface area (Å²) < 4.78 is 11.0. The molecule has 2 heterocycles. The first-order chi connectivity index (χ1) is 15.6. The molecule has 2 amide bonds. The van der Waals surface area contributed by atoms with Crippen molar-refractivity contribution in [3.8, 4) is 5.75 Å². The van der Waals surface area contributed by atoms with Crippen LogP contribution in [0.5, 0.6) is 5.75 Å². The predicted octanol–water partition coefficient (Wildman–Crippen LogP) is 1.35. The Kier molecular flexibility index (Phi) is 8.44. The maximum Gasteiger partial charge on any atom is 0.255 e. The number of benzene rings is 1. The van der Waals surface area contributed by atoms with Crippen LogP contribution < -0.4 is 21.1 Å². The highest BCUT2D eigenvalue weighted by molar-refractivity contribution is 6.33. The number of nitrogens with one attached hydrogen (secondary N) is 2. The molecule has 0 radical (unpaired) electrons. The van der Waals surface area contributed by atoms with Crippen LogP contribution in [0.2, 0.25) is 5.02 Å². The smallest absolute Gasteiger partial charge is 0.255 e. The third-order valence-corrected chi connectivity index (χ3v) is 7.05. The van der Waals surface area contributed by atoms with E-state index in [4.69, 9.17) is 26.8 Å². The standard InChI is InChI=1S/C23H36ClN5O4/c1-23(6-9-28(2)10-7-23)27-21(30)14-29-8-5-18(20(13-29)33-4)26-22(31)15-11-16(24)17(25)12-19(15)32-3/h11-12,18,20H,5-10,13-14,25H2,1-4H3,(H,26,31)(H,27,30)/t18-,20+/m1/s1. The molecule has 9 nitrogen and oxygen atoms in total. The number of nitrogens with two attached hydrogens (primary N) is 1. The van der Waals surface area contributed by atoms with Crippen molar-refractivity contribution in [3.63, 3.8) is 0 Å². The van der Waals surface area contributed by atoms with Gasteiger partial charge in [0.2, 0.25) is 5.91 Å². The van der Waals surface area contributed by atoms with E-state index in [0.29, 0.717) is 48.1 Å². The van der Waals surface area contributed by atoms with Gasteiger partial charge in [0.25, 0.3) is 5.91 Å². The molecular formula is C23H36ClN5O4. The van der Waals surface area contributed by atoms with E-state index in [1.807, 2.05) is 0 Å². The Hall–Kier alpha value is -2.07. The van der Waals surface area contributed by atoms with Crippen LogP contribution in [-0.2, 0) is 9.53 Å². The van der Waals surface area contributed by atoms with E-state index in [1.165, 1.54) is 19.2 Å². The Bertz CT molecular complexity index is 859. The number of carbonyl (C=O) groups is 2. The zero-order valence-corrected chi connectivity index (χ0v) is 20.7. The monoisotopic (exact) mass is 481 g/mol. The Morgan fingerprint density at radius 3 is 2.58 bits per heavy atom. The maximum absolute atomic E-state index is 12.9. The molecule has 0 unspecified atom stereocenters. The average Bonchev–Trinajstić information content (AvgIpc) is 2.78. The number of nitrogen functional groups attached to an aromatic ring is 1. The minimum Gasteiger partial charge on any atom is -0.496 e. The molecule has 2 aliphatic rings. The van der Waals surface area contributed by atoms with Crippen molar-refractivity contribution in [1.82, 2.24) is 20.4 Å². The molecule has 0 aromatic heterocycles. The summed E-state index contributed by atoms with van der Waals surface area (Å²) in [6, 6.07) is 2.85. The molecule has 2 atom stereocenters. The number of methoxy groups -OCH3 is 2. The van der Waals surface area contributed by atoms with Crippen LogP contribution in [0.25, 0.3) is 0 Å². The van der Waals surface area contributed by atoms with E-state index in [9.17, 15) is 9.59 Å². The lowest BCUT2D eigenvalue weighted by Crippen LogP contribution is -2.58. The molecule has 33 heavy (non-hydrogen) atoms. The highest BCUT2D eigenvalue weighted by Crippen LogP contribution is 2.29. The van der Waals surface area contributed by atoms with Gasteiger partial charge < -0.3 is 30.7 Å². The Morgan fingerprint density at radius 1 is 1.24 bits per heavy atom. The second kappa shape index (κ2) is 10.9. The number of rotatable bonds is 7. The molecule has 2 saturated heterocycles. The van der Waals surface area contributed by atoms with Crippen LogP contribution in [0.1, 0.15) is 36.5 Å². The van der Waals surface area contributed by atoms with Crippen molar-refractivity contribution < 1.29 is 19.1 Å². The molecule has 2 aliphatic heterocycles. The molecule has 2 fully saturated rings. The van der Waals surface area contributed by atoms with E-state index in [0.717, 1.165) is 25.9 Å². The molecule has 4 N–H and O–H groups in total. The SMILES string of the molecule is COc1cc(N)c(Cl)cc1C(=O)N[C@@H]1CCN(CC(=O)NC2(C)CCN(C)CC2)C[C@@H]1OC. The highest BCUT2D eigenvalue weighted by Gasteiger charge is 2.34. The molecule has 0 aliphatic carbocycles. The minimum absolute atomic E-state index is 0.0284. The lowest BCUT2D eigenvalue weighted by Gasteiger charge is -2.40. The topological polar surface area (TPSA) is 109 Å². The summed E-state index contributed by atoms with van der Waals surface area (Å²) in [5.74, 6) is 0.0858. The Morgan fingerprint density at radius 2 is 1.94 bits per heavy atom. The molecule has 1 aromatic carbocycles. The summed E-state index contributed by atoms with van der Waals surface area (Å²) in [4.78, 5) is 30.0. The molecule has 3 rings (SSSR count). The van der Waals surface area contributed by atoms with E-state index < -0.39 is 0 Å². The van der Waals surface area contributed by atoms with Gasteiger partial charge in [0.05, 0.1) is 42.1 Å². The van der Waals surface area contributed by atoms with Crippen molar-refractivity contribution in [2.24, 2.45) is 0 Å². The summed E-state index contributed by atoms with van der Waals surface area (Å²) in [6.45, 7) is 5.63. The maximum atomic E-state index is 12.9. The van der Waals surface area contributed by atoms with E-state index >= 15 is 0 Å². The summed E-state index contributed by atoms with van der Waals surface area (Å²) in [7, 11) is 5.20.